The molecule has 112 valence electrons. The van der Waals surface area contributed by atoms with E-state index in [9.17, 15) is 0 Å². The van der Waals surface area contributed by atoms with E-state index in [2.05, 4.69) is 57.1 Å². The Labute approximate surface area is 123 Å². The predicted octanol–water partition coefficient (Wildman–Crippen LogP) is 3.55. The zero-order chi connectivity index (χ0) is 15.1. The van der Waals surface area contributed by atoms with Gasteiger partial charge in [-0.15, -0.1) is 0 Å². The molecule has 2 atom stereocenters. The monoisotopic (exact) mass is 276 g/mol. The molecule has 0 aliphatic carbocycles. The second-order valence-corrected chi connectivity index (χ2v) is 7.17. The maximum Gasteiger partial charge on any atom is 0.0681 e. The summed E-state index contributed by atoms with van der Waals surface area (Å²) >= 11 is 0. The number of ether oxygens (including phenoxy) is 1. The fourth-order valence-electron chi connectivity index (χ4n) is 3.72. The number of hydrogen-bond acceptors (Lipinski definition) is 3. The third-order valence-corrected chi connectivity index (χ3v) is 4.46. The number of aryl methyl sites for hydroxylation is 2. The average Bonchev–Trinajstić information content (AvgIpc) is 2.51. The molecule has 1 aliphatic rings. The lowest BCUT2D eigenvalue weighted by molar-refractivity contribution is -0.0777. The fourth-order valence-corrected chi connectivity index (χ4v) is 3.72. The van der Waals surface area contributed by atoms with Gasteiger partial charge in [0.2, 0.25) is 0 Å². The maximum absolute atomic E-state index is 6.26. The third kappa shape index (κ3) is 2.89. The summed E-state index contributed by atoms with van der Waals surface area (Å²) in [6.07, 6.45) is 1.05. The van der Waals surface area contributed by atoms with E-state index in [1.54, 1.807) is 0 Å². The van der Waals surface area contributed by atoms with Crippen LogP contribution in [0.5, 0.6) is 0 Å². The molecule has 1 fully saturated rings. The van der Waals surface area contributed by atoms with Crippen LogP contribution in [-0.2, 0) is 4.74 Å². The lowest BCUT2D eigenvalue weighted by Gasteiger charge is -2.33. The van der Waals surface area contributed by atoms with Gasteiger partial charge in [0.1, 0.15) is 0 Å². The van der Waals surface area contributed by atoms with Gasteiger partial charge in [-0.2, -0.15) is 0 Å². The average molecular weight is 276 g/mol. The summed E-state index contributed by atoms with van der Waals surface area (Å²) in [4.78, 5) is 4.62. The zero-order valence-electron chi connectivity index (χ0n) is 13.9. The quantitative estimate of drug-likeness (QED) is 0.916. The molecular formula is C17H28N2O. The lowest BCUT2D eigenvalue weighted by Crippen LogP contribution is -2.37. The standard InChI is InChI=1S/C17H28N2O/c1-11-8-9-13(12(2)19-11)15(18-7)14-10-16(3,4)20-17(14,5)6/h8-9,14-15,18H,10H2,1-7H3. The van der Waals surface area contributed by atoms with Crippen molar-refractivity contribution in [2.45, 2.75) is 65.2 Å². The first kappa shape index (κ1) is 15.5. The zero-order valence-corrected chi connectivity index (χ0v) is 13.9. The van der Waals surface area contributed by atoms with E-state index in [0.29, 0.717) is 5.92 Å². The van der Waals surface area contributed by atoms with Crippen molar-refractivity contribution >= 4 is 0 Å². The highest BCUT2D eigenvalue weighted by Gasteiger charge is 2.49. The van der Waals surface area contributed by atoms with Crippen molar-refractivity contribution in [2.24, 2.45) is 5.92 Å². The highest BCUT2D eigenvalue weighted by atomic mass is 16.5. The van der Waals surface area contributed by atoms with Crippen LogP contribution in [-0.4, -0.2) is 23.2 Å². The van der Waals surface area contributed by atoms with Crippen LogP contribution >= 0.6 is 0 Å². The molecule has 1 aromatic heterocycles. The molecule has 0 spiro atoms. The molecule has 0 radical (unpaired) electrons. The highest BCUT2D eigenvalue weighted by Crippen LogP contribution is 2.47. The van der Waals surface area contributed by atoms with Crippen molar-refractivity contribution in [3.8, 4) is 0 Å². The predicted molar refractivity (Wildman–Crippen MR) is 82.9 cm³/mol. The van der Waals surface area contributed by atoms with Crippen molar-refractivity contribution < 1.29 is 4.74 Å². The number of aromatic nitrogens is 1. The smallest absolute Gasteiger partial charge is 0.0681 e. The van der Waals surface area contributed by atoms with Crippen LogP contribution in [0.3, 0.4) is 0 Å². The first-order valence-corrected chi connectivity index (χ1v) is 7.48. The van der Waals surface area contributed by atoms with E-state index < -0.39 is 0 Å². The van der Waals surface area contributed by atoms with Crippen LogP contribution in [0, 0.1) is 19.8 Å². The number of nitrogens with one attached hydrogen (secondary N) is 1. The molecule has 2 rings (SSSR count). The highest BCUT2D eigenvalue weighted by molar-refractivity contribution is 5.27. The maximum atomic E-state index is 6.26. The molecule has 0 amide bonds. The van der Waals surface area contributed by atoms with Gasteiger partial charge in [-0.25, -0.2) is 0 Å². The van der Waals surface area contributed by atoms with Gasteiger partial charge in [0.25, 0.3) is 0 Å². The van der Waals surface area contributed by atoms with Crippen molar-refractivity contribution in [2.75, 3.05) is 7.05 Å². The second kappa shape index (κ2) is 5.12. The Morgan fingerprint density at radius 2 is 1.90 bits per heavy atom. The van der Waals surface area contributed by atoms with Gasteiger partial charge >= 0.3 is 0 Å². The van der Waals surface area contributed by atoms with E-state index in [1.165, 1.54) is 5.56 Å². The van der Waals surface area contributed by atoms with Crippen molar-refractivity contribution in [1.29, 1.82) is 0 Å². The molecule has 1 aliphatic heterocycles. The largest absolute Gasteiger partial charge is 0.369 e. The van der Waals surface area contributed by atoms with E-state index in [1.807, 2.05) is 14.0 Å². The van der Waals surface area contributed by atoms with Gasteiger partial charge in [-0.1, -0.05) is 6.07 Å². The molecule has 2 unspecified atom stereocenters. The summed E-state index contributed by atoms with van der Waals surface area (Å²) in [6, 6.07) is 4.58. The molecule has 2 heterocycles. The molecule has 1 aromatic rings. The van der Waals surface area contributed by atoms with Gasteiger partial charge in [0, 0.05) is 23.3 Å². The van der Waals surface area contributed by atoms with Gasteiger partial charge in [0.05, 0.1) is 11.2 Å². The summed E-state index contributed by atoms with van der Waals surface area (Å²) < 4.78 is 6.26. The first-order chi connectivity index (χ1) is 9.16. The van der Waals surface area contributed by atoms with E-state index in [-0.39, 0.29) is 17.2 Å². The molecule has 0 aromatic carbocycles. The minimum absolute atomic E-state index is 0.0602. The van der Waals surface area contributed by atoms with Crippen LogP contribution < -0.4 is 5.32 Å². The Morgan fingerprint density at radius 1 is 1.25 bits per heavy atom. The number of pyridine rings is 1. The Bertz CT molecular complexity index is 494. The summed E-state index contributed by atoms with van der Waals surface area (Å²) in [5.41, 5.74) is 3.29. The summed E-state index contributed by atoms with van der Waals surface area (Å²) in [5.74, 6) is 0.436. The normalized spacial score (nSPS) is 25.6. The first-order valence-electron chi connectivity index (χ1n) is 7.48. The molecule has 20 heavy (non-hydrogen) atoms. The minimum atomic E-state index is -0.130. The Morgan fingerprint density at radius 3 is 2.35 bits per heavy atom. The third-order valence-electron chi connectivity index (χ3n) is 4.46. The van der Waals surface area contributed by atoms with Crippen LogP contribution in [0.4, 0.5) is 0 Å². The fraction of sp³-hybridized carbons (Fsp3) is 0.706. The number of hydrogen-bond donors (Lipinski definition) is 1. The summed E-state index contributed by atoms with van der Waals surface area (Å²) in [5, 5.41) is 3.49. The van der Waals surface area contributed by atoms with Crippen molar-refractivity contribution in [1.82, 2.24) is 10.3 Å². The van der Waals surface area contributed by atoms with Crippen LogP contribution in [0.15, 0.2) is 12.1 Å². The van der Waals surface area contributed by atoms with E-state index in [4.69, 9.17) is 4.74 Å². The van der Waals surface area contributed by atoms with Gasteiger partial charge in [-0.3, -0.25) is 4.98 Å². The molecule has 3 nitrogen and oxygen atoms in total. The topological polar surface area (TPSA) is 34.2 Å². The second-order valence-electron chi connectivity index (χ2n) is 7.17. The van der Waals surface area contributed by atoms with Gasteiger partial charge in [-0.05, 0) is 66.6 Å². The Kier molecular flexibility index (Phi) is 3.96. The molecule has 1 N–H and O–H groups in total. The van der Waals surface area contributed by atoms with Crippen molar-refractivity contribution in [3.63, 3.8) is 0 Å². The van der Waals surface area contributed by atoms with Crippen LogP contribution in [0.2, 0.25) is 0 Å². The van der Waals surface area contributed by atoms with E-state index in [0.717, 1.165) is 17.8 Å². The van der Waals surface area contributed by atoms with Crippen LogP contribution in [0.25, 0.3) is 0 Å². The van der Waals surface area contributed by atoms with Gasteiger partial charge < -0.3 is 10.1 Å². The minimum Gasteiger partial charge on any atom is -0.369 e. The molecule has 0 bridgehead atoms. The van der Waals surface area contributed by atoms with E-state index >= 15 is 0 Å². The summed E-state index contributed by atoms with van der Waals surface area (Å²) in [6.45, 7) is 12.9. The molecule has 0 saturated carbocycles. The number of rotatable bonds is 3. The van der Waals surface area contributed by atoms with Crippen molar-refractivity contribution in [3.05, 3.63) is 29.1 Å². The molecular weight excluding hydrogens is 248 g/mol. The Balaban J connectivity index is 2.37. The lowest BCUT2D eigenvalue weighted by atomic mass is 9.78. The van der Waals surface area contributed by atoms with Gasteiger partial charge in [0.15, 0.2) is 0 Å². The molecule has 1 saturated heterocycles. The summed E-state index contributed by atoms with van der Waals surface area (Å²) in [7, 11) is 2.03. The molecule has 3 heteroatoms. The SMILES string of the molecule is CNC(c1ccc(C)nc1C)C1CC(C)(C)OC1(C)C. The Hall–Kier alpha value is -0.930. The number of nitrogens with zero attached hydrogens (tertiary/aromatic N) is 1. The van der Waals surface area contributed by atoms with Crippen LogP contribution in [0.1, 0.15) is 57.1 Å².